The molecular formula is C17H20O2. The molecule has 0 aliphatic rings. The third kappa shape index (κ3) is 3.15. The lowest BCUT2D eigenvalue weighted by atomic mass is 10.0. The van der Waals surface area contributed by atoms with E-state index in [9.17, 15) is 5.11 Å². The summed E-state index contributed by atoms with van der Waals surface area (Å²) >= 11 is 0. The molecule has 0 atom stereocenters. The van der Waals surface area contributed by atoms with E-state index in [1.54, 1.807) is 0 Å². The summed E-state index contributed by atoms with van der Waals surface area (Å²) in [7, 11) is 0. The molecule has 0 fully saturated rings. The Morgan fingerprint density at radius 1 is 1.00 bits per heavy atom. The van der Waals surface area contributed by atoms with Crippen LogP contribution in [0.3, 0.4) is 0 Å². The lowest BCUT2D eigenvalue weighted by molar-refractivity contribution is 0.258. The van der Waals surface area contributed by atoms with Crippen LogP contribution in [0.5, 0.6) is 5.75 Å². The Bertz CT molecular complexity index is 550. The Morgan fingerprint density at radius 3 is 2.26 bits per heavy atom. The number of benzene rings is 2. The maximum Gasteiger partial charge on any atom is 0.125 e. The molecule has 0 aliphatic carbocycles. The molecule has 2 nitrogen and oxygen atoms in total. The van der Waals surface area contributed by atoms with Crippen molar-refractivity contribution in [3.8, 4) is 5.75 Å². The molecule has 0 radical (unpaired) electrons. The summed E-state index contributed by atoms with van der Waals surface area (Å²) in [5.41, 5.74) is 5.82. The van der Waals surface area contributed by atoms with Crippen LogP contribution in [-0.2, 0) is 13.2 Å². The van der Waals surface area contributed by atoms with Gasteiger partial charge in [0.25, 0.3) is 0 Å². The summed E-state index contributed by atoms with van der Waals surface area (Å²) in [4.78, 5) is 0. The van der Waals surface area contributed by atoms with Gasteiger partial charge in [0.15, 0.2) is 0 Å². The van der Waals surface area contributed by atoms with E-state index in [1.165, 1.54) is 22.3 Å². The molecule has 0 spiro atoms. The standard InChI is InChI=1S/C17H20O2/c1-12-8-13(2)16(14(3)9-12)11-19-17-7-5-4-6-15(17)10-18/h4-9,18H,10-11H2,1-3H3. The summed E-state index contributed by atoms with van der Waals surface area (Å²) in [5.74, 6) is 0.754. The second kappa shape index (κ2) is 5.89. The maximum absolute atomic E-state index is 9.28. The first kappa shape index (κ1) is 13.6. The van der Waals surface area contributed by atoms with Gasteiger partial charge in [-0.3, -0.25) is 0 Å². The molecular weight excluding hydrogens is 236 g/mol. The van der Waals surface area contributed by atoms with E-state index in [0.29, 0.717) is 6.61 Å². The van der Waals surface area contributed by atoms with Gasteiger partial charge < -0.3 is 9.84 Å². The number of aliphatic hydroxyl groups excluding tert-OH is 1. The molecule has 0 amide bonds. The monoisotopic (exact) mass is 256 g/mol. The lowest BCUT2D eigenvalue weighted by Gasteiger charge is -2.14. The van der Waals surface area contributed by atoms with Crippen molar-refractivity contribution in [1.82, 2.24) is 0 Å². The molecule has 0 bridgehead atoms. The lowest BCUT2D eigenvalue weighted by Crippen LogP contribution is -2.03. The van der Waals surface area contributed by atoms with Gasteiger partial charge in [-0.05, 0) is 43.5 Å². The summed E-state index contributed by atoms with van der Waals surface area (Å²) in [6, 6.07) is 11.9. The van der Waals surface area contributed by atoms with Crippen LogP contribution in [0, 0.1) is 20.8 Å². The van der Waals surface area contributed by atoms with E-state index >= 15 is 0 Å². The van der Waals surface area contributed by atoms with Crippen molar-refractivity contribution in [2.45, 2.75) is 34.0 Å². The normalized spacial score (nSPS) is 10.5. The fourth-order valence-electron chi connectivity index (χ4n) is 2.36. The molecule has 0 saturated heterocycles. The SMILES string of the molecule is Cc1cc(C)c(COc2ccccc2CO)c(C)c1. The molecule has 0 heterocycles. The van der Waals surface area contributed by atoms with Crippen LogP contribution < -0.4 is 4.74 Å². The van der Waals surface area contributed by atoms with E-state index in [-0.39, 0.29) is 6.61 Å². The van der Waals surface area contributed by atoms with Gasteiger partial charge in [-0.1, -0.05) is 35.9 Å². The minimum absolute atomic E-state index is 0.00202. The first-order valence-corrected chi connectivity index (χ1v) is 6.50. The van der Waals surface area contributed by atoms with Crippen LogP contribution in [0.1, 0.15) is 27.8 Å². The fourth-order valence-corrected chi connectivity index (χ4v) is 2.36. The van der Waals surface area contributed by atoms with Crippen molar-refractivity contribution >= 4 is 0 Å². The number of rotatable bonds is 4. The van der Waals surface area contributed by atoms with Gasteiger partial charge in [0.05, 0.1) is 6.61 Å². The second-order valence-corrected chi connectivity index (χ2v) is 4.93. The van der Waals surface area contributed by atoms with Crippen molar-refractivity contribution < 1.29 is 9.84 Å². The topological polar surface area (TPSA) is 29.5 Å². The van der Waals surface area contributed by atoms with Gasteiger partial charge in [-0.2, -0.15) is 0 Å². The van der Waals surface area contributed by atoms with Crippen molar-refractivity contribution in [1.29, 1.82) is 0 Å². The van der Waals surface area contributed by atoms with Gasteiger partial charge in [0, 0.05) is 5.56 Å². The number of para-hydroxylation sites is 1. The summed E-state index contributed by atoms with van der Waals surface area (Å²) in [5, 5.41) is 9.28. The second-order valence-electron chi connectivity index (χ2n) is 4.93. The zero-order chi connectivity index (χ0) is 13.8. The van der Waals surface area contributed by atoms with Crippen molar-refractivity contribution in [3.05, 3.63) is 64.2 Å². The van der Waals surface area contributed by atoms with Crippen molar-refractivity contribution in [2.24, 2.45) is 0 Å². The highest BCUT2D eigenvalue weighted by Gasteiger charge is 2.07. The Hall–Kier alpha value is -1.80. The first-order valence-electron chi connectivity index (χ1n) is 6.50. The molecule has 0 unspecified atom stereocenters. The van der Waals surface area contributed by atoms with Gasteiger partial charge in [0.1, 0.15) is 12.4 Å². The van der Waals surface area contributed by atoms with E-state index < -0.39 is 0 Å². The highest BCUT2D eigenvalue weighted by Crippen LogP contribution is 2.22. The van der Waals surface area contributed by atoms with E-state index in [0.717, 1.165) is 11.3 Å². The smallest absolute Gasteiger partial charge is 0.125 e. The average Bonchev–Trinajstić information content (AvgIpc) is 2.38. The molecule has 2 aromatic carbocycles. The molecule has 100 valence electrons. The Kier molecular flexibility index (Phi) is 4.23. The number of aliphatic hydroxyl groups is 1. The summed E-state index contributed by atoms with van der Waals surface area (Å²) in [6.45, 7) is 6.86. The van der Waals surface area contributed by atoms with Gasteiger partial charge in [-0.25, -0.2) is 0 Å². The van der Waals surface area contributed by atoms with Crippen molar-refractivity contribution in [3.63, 3.8) is 0 Å². The molecule has 1 N–H and O–H groups in total. The van der Waals surface area contributed by atoms with Gasteiger partial charge in [0.2, 0.25) is 0 Å². The van der Waals surface area contributed by atoms with Crippen molar-refractivity contribution in [2.75, 3.05) is 0 Å². The number of ether oxygens (including phenoxy) is 1. The summed E-state index contributed by atoms with van der Waals surface area (Å²) in [6.07, 6.45) is 0. The molecule has 2 heteroatoms. The van der Waals surface area contributed by atoms with Crippen LogP contribution in [0.4, 0.5) is 0 Å². The summed E-state index contributed by atoms with van der Waals surface area (Å²) < 4.78 is 5.86. The van der Waals surface area contributed by atoms with Crippen LogP contribution in [-0.4, -0.2) is 5.11 Å². The average molecular weight is 256 g/mol. The van der Waals surface area contributed by atoms with E-state index in [2.05, 4.69) is 32.9 Å². The minimum atomic E-state index is 0.00202. The predicted molar refractivity (Wildman–Crippen MR) is 77.3 cm³/mol. The molecule has 2 rings (SSSR count). The molecule has 2 aromatic rings. The highest BCUT2D eigenvalue weighted by molar-refractivity contribution is 5.38. The third-order valence-corrected chi connectivity index (χ3v) is 3.36. The maximum atomic E-state index is 9.28. The van der Waals surface area contributed by atoms with Crippen LogP contribution >= 0.6 is 0 Å². The number of aryl methyl sites for hydroxylation is 3. The Labute approximate surface area is 114 Å². The molecule has 0 aromatic heterocycles. The minimum Gasteiger partial charge on any atom is -0.489 e. The number of hydrogen-bond donors (Lipinski definition) is 1. The molecule has 19 heavy (non-hydrogen) atoms. The number of hydrogen-bond acceptors (Lipinski definition) is 2. The molecule has 0 aliphatic heterocycles. The largest absolute Gasteiger partial charge is 0.489 e. The van der Waals surface area contributed by atoms with Crippen LogP contribution in [0.25, 0.3) is 0 Å². The highest BCUT2D eigenvalue weighted by atomic mass is 16.5. The van der Waals surface area contributed by atoms with E-state index in [1.807, 2.05) is 24.3 Å². The molecule has 0 saturated carbocycles. The first-order chi connectivity index (χ1) is 9.11. The Balaban J connectivity index is 2.19. The van der Waals surface area contributed by atoms with Gasteiger partial charge >= 0.3 is 0 Å². The third-order valence-electron chi connectivity index (χ3n) is 3.36. The van der Waals surface area contributed by atoms with E-state index in [4.69, 9.17) is 4.74 Å². The zero-order valence-electron chi connectivity index (χ0n) is 11.7. The zero-order valence-corrected chi connectivity index (χ0v) is 11.7. The predicted octanol–water partition coefficient (Wildman–Crippen LogP) is 3.68. The van der Waals surface area contributed by atoms with Crippen LogP contribution in [0.2, 0.25) is 0 Å². The van der Waals surface area contributed by atoms with Gasteiger partial charge in [-0.15, -0.1) is 0 Å². The quantitative estimate of drug-likeness (QED) is 0.904. The Morgan fingerprint density at radius 2 is 1.63 bits per heavy atom. The fraction of sp³-hybridized carbons (Fsp3) is 0.294. The van der Waals surface area contributed by atoms with Crippen LogP contribution in [0.15, 0.2) is 36.4 Å².